The maximum absolute atomic E-state index is 6.21. The standard InChI is InChI=1S/C13H18N4/c1-9(2)12-15-13(17(3)16-12)11(14)10-7-5-4-6-8-10/h4-9,11H,14H2,1-3H3. The molecule has 0 spiro atoms. The van der Waals surface area contributed by atoms with Gasteiger partial charge in [0.05, 0.1) is 6.04 Å². The van der Waals surface area contributed by atoms with Gasteiger partial charge in [-0.15, -0.1) is 0 Å². The first-order valence-electron chi connectivity index (χ1n) is 5.81. The van der Waals surface area contributed by atoms with Crippen LogP contribution in [0.3, 0.4) is 0 Å². The summed E-state index contributed by atoms with van der Waals surface area (Å²) in [4.78, 5) is 4.51. The Hall–Kier alpha value is -1.68. The zero-order valence-corrected chi connectivity index (χ0v) is 10.5. The van der Waals surface area contributed by atoms with Crippen molar-refractivity contribution in [3.05, 3.63) is 47.5 Å². The molecule has 1 unspecified atom stereocenters. The molecule has 1 aromatic heterocycles. The molecule has 17 heavy (non-hydrogen) atoms. The number of nitrogens with two attached hydrogens (primary N) is 1. The van der Waals surface area contributed by atoms with Crippen LogP contribution in [0.2, 0.25) is 0 Å². The summed E-state index contributed by atoms with van der Waals surface area (Å²) < 4.78 is 1.77. The molecule has 0 aliphatic rings. The molecule has 4 nitrogen and oxygen atoms in total. The number of rotatable bonds is 3. The molecular weight excluding hydrogens is 212 g/mol. The molecule has 0 saturated carbocycles. The van der Waals surface area contributed by atoms with Crippen molar-refractivity contribution in [1.29, 1.82) is 0 Å². The molecule has 2 N–H and O–H groups in total. The summed E-state index contributed by atoms with van der Waals surface area (Å²) in [6.07, 6.45) is 0. The minimum absolute atomic E-state index is 0.221. The predicted octanol–water partition coefficient (Wildman–Crippen LogP) is 1.99. The molecule has 0 aliphatic heterocycles. The van der Waals surface area contributed by atoms with Crippen LogP contribution in [-0.4, -0.2) is 14.8 Å². The van der Waals surface area contributed by atoms with E-state index in [1.807, 2.05) is 37.4 Å². The van der Waals surface area contributed by atoms with Crippen molar-refractivity contribution in [3.8, 4) is 0 Å². The quantitative estimate of drug-likeness (QED) is 0.877. The summed E-state index contributed by atoms with van der Waals surface area (Å²) in [6.45, 7) is 4.15. The van der Waals surface area contributed by atoms with E-state index in [1.165, 1.54) is 0 Å². The molecular formula is C13H18N4. The van der Waals surface area contributed by atoms with E-state index in [0.717, 1.165) is 17.2 Å². The van der Waals surface area contributed by atoms with Gasteiger partial charge in [0.1, 0.15) is 5.82 Å². The van der Waals surface area contributed by atoms with Crippen LogP contribution < -0.4 is 5.73 Å². The first-order chi connectivity index (χ1) is 8.09. The summed E-state index contributed by atoms with van der Waals surface area (Å²) in [7, 11) is 1.89. The topological polar surface area (TPSA) is 56.7 Å². The molecule has 1 heterocycles. The number of aryl methyl sites for hydroxylation is 1. The lowest BCUT2D eigenvalue weighted by molar-refractivity contribution is 0.652. The second-order valence-electron chi connectivity index (χ2n) is 4.49. The van der Waals surface area contributed by atoms with Gasteiger partial charge in [0.2, 0.25) is 0 Å². The summed E-state index contributed by atoms with van der Waals surface area (Å²) in [5.74, 6) is 1.96. The fourth-order valence-corrected chi connectivity index (χ4v) is 1.74. The smallest absolute Gasteiger partial charge is 0.153 e. The van der Waals surface area contributed by atoms with E-state index in [2.05, 4.69) is 23.9 Å². The summed E-state index contributed by atoms with van der Waals surface area (Å²) in [5, 5.41) is 4.38. The third kappa shape index (κ3) is 2.36. The van der Waals surface area contributed by atoms with E-state index < -0.39 is 0 Å². The van der Waals surface area contributed by atoms with Crippen molar-refractivity contribution in [3.63, 3.8) is 0 Å². The fourth-order valence-electron chi connectivity index (χ4n) is 1.74. The SMILES string of the molecule is CC(C)c1nc(C(N)c2ccccc2)n(C)n1. The lowest BCUT2D eigenvalue weighted by atomic mass is 10.1. The lowest BCUT2D eigenvalue weighted by Crippen LogP contribution is -2.16. The molecule has 1 aromatic carbocycles. The Balaban J connectivity index is 2.34. The normalized spacial score (nSPS) is 13.0. The Morgan fingerprint density at radius 3 is 2.35 bits per heavy atom. The van der Waals surface area contributed by atoms with Gasteiger partial charge in [0.15, 0.2) is 5.82 Å². The van der Waals surface area contributed by atoms with Crippen molar-refractivity contribution in [2.45, 2.75) is 25.8 Å². The van der Waals surface area contributed by atoms with Crippen LogP contribution in [0.5, 0.6) is 0 Å². The Labute approximate surface area is 101 Å². The van der Waals surface area contributed by atoms with Crippen LogP contribution >= 0.6 is 0 Å². The molecule has 0 bridgehead atoms. The molecule has 2 rings (SSSR count). The Kier molecular flexibility index (Phi) is 3.24. The second kappa shape index (κ2) is 4.67. The second-order valence-corrected chi connectivity index (χ2v) is 4.49. The minimum Gasteiger partial charge on any atom is -0.318 e. The third-order valence-corrected chi connectivity index (χ3v) is 2.77. The molecule has 0 saturated heterocycles. The van der Waals surface area contributed by atoms with Gasteiger partial charge < -0.3 is 5.73 Å². The Bertz CT molecular complexity index is 487. The molecule has 1 atom stereocenters. The highest BCUT2D eigenvalue weighted by Crippen LogP contribution is 2.19. The number of benzene rings is 1. The zero-order valence-electron chi connectivity index (χ0n) is 10.5. The van der Waals surface area contributed by atoms with E-state index in [1.54, 1.807) is 4.68 Å². The van der Waals surface area contributed by atoms with Crippen LogP contribution in [0.1, 0.15) is 43.0 Å². The van der Waals surface area contributed by atoms with Gasteiger partial charge in [-0.1, -0.05) is 44.2 Å². The molecule has 2 aromatic rings. The van der Waals surface area contributed by atoms with Crippen molar-refractivity contribution in [2.75, 3.05) is 0 Å². The molecule has 0 amide bonds. The molecule has 4 heteroatoms. The van der Waals surface area contributed by atoms with E-state index in [4.69, 9.17) is 5.73 Å². The van der Waals surface area contributed by atoms with E-state index in [9.17, 15) is 0 Å². The minimum atomic E-state index is -0.221. The summed E-state index contributed by atoms with van der Waals surface area (Å²) in [5.41, 5.74) is 7.26. The molecule has 90 valence electrons. The first kappa shape index (κ1) is 11.8. The van der Waals surface area contributed by atoms with Gasteiger partial charge in [0.25, 0.3) is 0 Å². The highest BCUT2D eigenvalue weighted by molar-refractivity contribution is 5.24. The van der Waals surface area contributed by atoms with Crippen LogP contribution in [0.4, 0.5) is 0 Å². The maximum Gasteiger partial charge on any atom is 0.153 e. The number of hydrogen-bond donors (Lipinski definition) is 1. The monoisotopic (exact) mass is 230 g/mol. The predicted molar refractivity (Wildman–Crippen MR) is 67.6 cm³/mol. The van der Waals surface area contributed by atoms with E-state index >= 15 is 0 Å². The Morgan fingerprint density at radius 1 is 1.18 bits per heavy atom. The van der Waals surface area contributed by atoms with Crippen LogP contribution in [0.15, 0.2) is 30.3 Å². The number of hydrogen-bond acceptors (Lipinski definition) is 3. The van der Waals surface area contributed by atoms with Crippen LogP contribution in [-0.2, 0) is 7.05 Å². The highest BCUT2D eigenvalue weighted by atomic mass is 15.3. The van der Waals surface area contributed by atoms with Crippen molar-refractivity contribution in [2.24, 2.45) is 12.8 Å². The fraction of sp³-hybridized carbons (Fsp3) is 0.385. The van der Waals surface area contributed by atoms with Gasteiger partial charge in [-0.05, 0) is 5.56 Å². The van der Waals surface area contributed by atoms with E-state index in [-0.39, 0.29) is 6.04 Å². The first-order valence-corrected chi connectivity index (χ1v) is 5.81. The van der Waals surface area contributed by atoms with Crippen molar-refractivity contribution < 1.29 is 0 Å². The van der Waals surface area contributed by atoms with Crippen molar-refractivity contribution in [1.82, 2.24) is 14.8 Å². The summed E-state index contributed by atoms with van der Waals surface area (Å²) >= 11 is 0. The summed E-state index contributed by atoms with van der Waals surface area (Å²) in [6, 6.07) is 9.74. The molecule has 0 fully saturated rings. The number of aromatic nitrogens is 3. The largest absolute Gasteiger partial charge is 0.318 e. The maximum atomic E-state index is 6.21. The van der Waals surface area contributed by atoms with Gasteiger partial charge in [-0.2, -0.15) is 5.10 Å². The van der Waals surface area contributed by atoms with Crippen LogP contribution in [0, 0.1) is 0 Å². The van der Waals surface area contributed by atoms with Gasteiger partial charge >= 0.3 is 0 Å². The lowest BCUT2D eigenvalue weighted by Gasteiger charge is -2.10. The third-order valence-electron chi connectivity index (χ3n) is 2.77. The Morgan fingerprint density at radius 2 is 1.82 bits per heavy atom. The van der Waals surface area contributed by atoms with Gasteiger partial charge in [-0.25, -0.2) is 4.98 Å². The molecule has 0 radical (unpaired) electrons. The van der Waals surface area contributed by atoms with E-state index in [0.29, 0.717) is 5.92 Å². The highest BCUT2D eigenvalue weighted by Gasteiger charge is 2.17. The van der Waals surface area contributed by atoms with Gasteiger partial charge in [-0.3, -0.25) is 4.68 Å². The zero-order chi connectivity index (χ0) is 12.4. The average Bonchev–Trinajstić information content (AvgIpc) is 2.72. The van der Waals surface area contributed by atoms with Crippen molar-refractivity contribution >= 4 is 0 Å². The van der Waals surface area contributed by atoms with Crippen LogP contribution in [0.25, 0.3) is 0 Å². The molecule has 0 aliphatic carbocycles. The average molecular weight is 230 g/mol. The van der Waals surface area contributed by atoms with Gasteiger partial charge in [0, 0.05) is 13.0 Å². The number of nitrogens with zero attached hydrogens (tertiary/aromatic N) is 3.